The Balaban J connectivity index is 2.10. The Labute approximate surface area is 160 Å². The van der Waals surface area contributed by atoms with Crippen LogP contribution in [0.4, 0.5) is 17.1 Å². The van der Waals surface area contributed by atoms with Gasteiger partial charge in [-0.15, -0.1) is 0 Å². The van der Waals surface area contributed by atoms with Gasteiger partial charge in [-0.2, -0.15) is 0 Å². The van der Waals surface area contributed by atoms with E-state index in [2.05, 4.69) is 10.6 Å². The summed E-state index contributed by atoms with van der Waals surface area (Å²) in [7, 11) is 1.53. The highest BCUT2D eigenvalue weighted by molar-refractivity contribution is 6.31. The van der Waals surface area contributed by atoms with Gasteiger partial charge in [0.1, 0.15) is 5.69 Å². The SMILES string of the molecule is CNc1ccc(C(=O)O[C@H](C)C(=O)Nc2cc(Cl)ccc2C)cc1[N+](=O)[O-]. The molecule has 0 saturated carbocycles. The van der Waals surface area contributed by atoms with Crippen LogP contribution < -0.4 is 10.6 Å². The molecular formula is C18H18ClN3O5. The van der Waals surface area contributed by atoms with E-state index >= 15 is 0 Å². The zero-order chi connectivity index (χ0) is 20.1. The van der Waals surface area contributed by atoms with E-state index in [4.69, 9.17) is 16.3 Å². The number of halogens is 1. The summed E-state index contributed by atoms with van der Waals surface area (Å²) in [5.74, 6) is -1.39. The monoisotopic (exact) mass is 391 g/mol. The number of carbonyl (C=O) groups is 2. The fourth-order valence-electron chi connectivity index (χ4n) is 2.27. The second kappa shape index (κ2) is 8.50. The van der Waals surface area contributed by atoms with E-state index in [1.54, 1.807) is 25.1 Å². The Hall–Kier alpha value is -3.13. The fraction of sp³-hybridized carbons (Fsp3) is 0.222. The number of hydrogen-bond donors (Lipinski definition) is 2. The number of hydrogen-bond acceptors (Lipinski definition) is 6. The molecule has 0 bridgehead atoms. The number of nitro groups is 1. The third-order valence-corrected chi connectivity index (χ3v) is 4.05. The summed E-state index contributed by atoms with van der Waals surface area (Å²) in [4.78, 5) is 35.0. The van der Waals surface area contributed by atoms with Crippen molar-refractivity contribution < 1.29 is 19.2 Å². The lowest BCUT2D eigenvalue weighted by molar-refractivity contribution is -0.384. The summed E-state index contributed by atoms with van der Waals surface area (Å²) in [6.07, 6.45) is -1.11. The molecular weight excluding hydrogens is 374 g/mol. The van der Waals surface area contributed by atoms with Crippen LogP contribution in [0.1, 0.15) is 22.8 Å². The molecule has 0 aliphatic carbocycles. The van der Waals surface area contributed by atoms with Crippen LogP contribution >= 0.6 is 11.6 Å². The quantitative estimate of drug-likeness (QED) is 0.440. The summed E-state index contributed by atoms with van der Waals surface area (Å²) in [6, 6.07) is 8.90. The second-order valence-corrected chi connectivity index (χ2v) is 6.17. The first-order valence-corrected chi connectivity index (χ1v) is 8.35. The zero-order valence-electron chi connectivity index (χ0n) is 14.9. The van der Waals surface area contributed by atoms with E-state index in [1.807, 2.05) is 0 Å². The van der Waals surface area contributed by atoms with Crippen LogP contribution in [0.3, 0.4) is 0 Å². The molecule has 0 radical (unpaired) electrons. The molecule has 0 spiro atoms. The van der Waals surface area contributed by atoms with Crippen LogP contribution in [0, 0.1) is 17.0 Å². The molecule has 0 aromatic heterocycles. The first-order valence-electron chi connectivity index (χ1n) is 7.97. The predicted molar refractivity (Wildman–Crippen MR) is 102 cm³/mol. The molecule has 27 heavy (non-hydrogen) atoms. The number of nitrogens with one attached hydrogen (secondary N) is 2. The molecule has 0 unspecified atom stereocenters. The van der Waals surface area contributed by atoms with Gasteiger partial charge in [0.05, 0.1) is 10.5 Å². The highest BCUT2D eigenvalue weighted by Gasteiger charge is 2.22. The van der Waals surface area contributed by atoms with Crippen molar-refractivity contribution in [3.05, 3.63) is 62.7 Å². The molecule has 2 aromatic rings. The largest absolute Gasteiger partial charge is 0.449 e. The fourth-order valence-corrected chi connectivity index (χ4v) is 2.44. The first-order chi connectivity index (χ1) is 12.7. The van der Waals surface area contributed by atoms with Crippen molar-refractivity contribution in [1.82, 2.24) is 0 Å². The van der Waals surface area contributed by atoms with Crippen molar-refractivity contribution in [2.45, 2.75) is 20.0 Å². The summed E-state index contributed by atoms with van der Waals surface area (Å²) < 4.78 is 5.12. The average Bonchev–Trinajstić information content (AvgIpc) is 2.63. The molecule has 0 aliphatic rings. The van der Waals surface area contributed by atoms with Gasteiger partial charge in [0.15, 0.2) is 6.10 Å². The molecule has 0 saturated heterocycles. The maximum atomic E-state index is 12.3. The molecule has 142 valence electrons. The number of aryl methyl sites for hydroxylation is 1. The van der Waals surface area contributed by atoms with Gasteiger partial charge in [0.25, 0.3) is 11.6 Å². The Morgan fingerprint density at radius 1 is 1.19 bits per heavy atom. The summed E-state index contributed by atoms with van der Waals surface area (Å²) in [5, 5.41) is 16.9. The summed E-state index contributed by atoms with van der Waals surface area (Å²) in [6.45, 7) is 3.20. The number of amides is 1. The smallest absolute Gasteiger partial charge is 0.339 e. The van der Waals surface area contributed by atoms with Crippen molar-refractivity contribution in [1.29, 1.82) is 0 Å². The van der Waals surface area contributed by atoms with Gasteiger partial charge in [0.2, 0.25) is 0 Å². The van der Waals surface area contributed by atoms with Crippen LogP contribution in [-0.2, 0) is 9.53 Å². The van der Waals surface area contributed by atoms with Gasteiger partial charge in [0, 0.05) is 23.8 Å². The topological polar surface area (TPSA) is 111 Å². The molecule has 0 aliphatic heterocycles. The standard InChI is InChI=1S/C18H18ClN3O5/c1-10-4-6-13(19)9-15(10)21-17(23)11(2)27-18(24)12-5-7-14(20-3)16(8-12)22(25)26/h4-9,11,20H,1-3H3,(H,21,23)/t11-/m1/s1. The molecule has 9 heteroatoms. The number of esters is 1. The predicted octanol–water partition coefficient (Wildman–Crippen LogP) is 3.78. The van der Waals surface area contributed by atoms with Crippen LogP contribution in [-0.4, -0.2) is 30.0 Å². The third-order valence-electron chi connectivity index (χ3n) is 3.81. The van der Waals surface area contributed by atoms with Crippen LogP contribution in [0.25, 0.3) is 0 Å². The Bertz CT molecular complexity index is 901. The second-order valence-electron chi connectivity index (χ2n) is 5.74. The van der Waals surface area contributed by atoms with Gasteiger partial charge in [-0.1, -0.05) is 17.7 Å². The number of ether oxygens (including phenoxy) is 1. The number of benzene rings is 2. The molecule has 1 atom stereocenters. The molecule has 8 nitrogen and oxygen atoms in total. The van der Waals surface area contributed by atoms with E-state index in [-0.39, 0.29) is 16.9 Å². The summed E-state index contributed by atoms with van der Waals surface area (Å²) >= 11 is 5.91. The molecule has 2 rings (SSSR count). The highest BCUT2D eigenvalue weighted by Crippen LogP contribution is 2.25. The van der Waals surface area contributed by atoms with Crippen molar-refractivity contribution in [2.24, 2.45) is 0 Å². The minimum absolute atomic E-state index is 0.0284. The number of rotatable bonds is 6. The van der Waals surface area contributed by atoms with E-state index in [0.29, 0.717) is 10.7 Å². The number of nitro benzene ring substituents is 1. The van der Waals surface area contributed by atoms with Crippen molar-refractivity contribution in [3.63, 3.8) is 0 Å². The molecule has 2 aromatic carbocycles. The maximum Gasteiger partial charge on any atom is 0.339 e. The van der Waals surface area contributed by atoms with Crippen LogP contribution in [0.15, 0.2) is 36.4 Å². The normalized spacial score (nSPS) is 11.4. The number of carbonyl (C=O) groups excluding carboxylic acids is 2. The van der Waals surface area contributed by atoms with Crippen molar-refractivity contribution in [2.75, 3.05) is 17.7 Å². The van der Waals surface area contributed by atoms with Crippen molar-refractivity contribution >= 4 is 40.5 Å². The van der Waals surface area contributed by atoms with Gasteiger partial charge >= 0.3 is 5.97 Å². The van der Waals surface area contributed by atoms with Gasteiger partial charge < -0.3 is 15.4 Å². The lowest BCUT2D eigenvalue weighted by Gasteiger charge is -2.15. The van der Waals surface area contributed by atoms with Gasteiger partial charge in [-0.25, -0.2) is 4.79 Å². The highest BCUT2D eigenvalue weighted by atomic mass is 35.5. The first kappa shape index (κ1) is 20.2. The molecule has 1 amide bonds. The molecule has 0 fully saturated rings. The Morgan fingerprint density at radius 2 is 1.89 bits per heavy atom. The van der Waals surface area contributed by atoms with E-state index < -0.39 is 22.9 Å². The lowest BCUT2D eigenvalue weighted by atomic mass is 10.1. The lowest BCUT2D eigenvalue weighted by Crippen LogP contribution is -2.30. The van der Waals surface area contributed by atoms with E-state index in [0.717, 1.165) is 11.6 Å². The molecule has 0 heterocycles. The minimum atomic E-state index is -1.11. The van der Waals surface area contributed by atoms with Crippen LogP contribution in [0.2, 0.25) is 5.02 Å². The average molecular weight is 392 g/mol. The number of nitrogens with zero attached hydrogens (tertiary/aromatic N) is 1. The number of anilines is 2. The Kier molecular flexibility index (Phi) is 6.36. The van der Waals surface area contributed by atoms with E-state index in [1.165, 1.54) is 26.1 Å². The van der Waals surface area contributed by atoms with Crippen LogP contribution in [0.5, 0.6) is 0 Å². The minimum Gasteiger partial charge on any atom is -0.449 e. The van der Waals surface area contributed by atoms with E-state index in [9.17, 15) is 19.7 Å². The Morgan fingerprint density at radius 3 is 2.52 bits per heavy atom. The maximum absolute atomic E-state index is 12.3. The summed E-state index contributed by atoms with van der Waals surface area (Å²) in [5.41, 5.74) is 1.27. The van der Waals surface area contributed by atoms with Gasteiger partial charge in [-0.05, 0) is 43.7 Å². The van der Waals surface area contributed by atoms with Gasteiger partial charge in [-0.3, -0.25) is 14.9 Å². The van der Waals surface area contributed by atoms with Crippen molar-refractivity contribution in [3.8, 4) is 0 Å². The molecule has 2 N–H and O–H groups in total. The third kappa shape index (κ3) is 4.95. The zero-order valence-corrected chi connectivity index (χ0v) is 15.7.